The number of thiophene rings is 1. The van der Waals surface area contributed by atoms with Crippen LogP contribution in [0.4, 0.5) is 0 Å². The lowest BCUT2D eigenvalue weighted by molar-refractivity contribution is -0.107. The van der Waals surface area contributed by atoms with Crippen LogP contribution < -0.4 is 5.32 Å². The summed E-state index contributed by atoms with van der Waals surface area (Å²) in [6.07, 6.45) is 4.87. The summed E-state index contributed by atoms with van der Waals surface area (Å²) in [5.41, 5.74) is 1.62. The molecule has 2 aliphatic heterocycles. The van der Waals surface area contributed by atoms with Crippen LogP contribution in [-0.4, -0.2) is 30.3 Å². The Balaban J connectivity index is 1.75. The number of nitrogens with one attached hydrogen (secondary N) is 1. The van der Waals surface area contributed by atoms with Gasteiger partial charge in [-0.1, -0.05) is 6.92 Å². The van der Waals surface area contributed by atoms with Crippen LogP contribution in [0.1, 0.15) is 44.2 Å². The summed E-state index contributed by atoms with van der Waals surface area (Å²) in [4.78, 5) is 0. The van der Waals surface area contributed by atoms with Crippen molar-refractivity contribution in [3.63, 3.8) is 0 Å². The Labute approximate surface area is 144 Å². The standard InChI is InChI=1S/C16H24BrNOS2/c1-2-18-15(13-9-14(17)21-11-13)12-3-6-19-16(10-12)4-7-20-8-5-16/h9,11-12,15,18H,2-8,10H2,1H3. The molecule has 2 atom stereocenters. The van der Waals surface area contributed by atoms with E-state index in [0.717, 1.165) is 13.2 Å². The van der Waals surface area contributed by atoms with Gasteiger partial charge in [-0.2, -0.15) is 11.8 Å². The predicted octanol–water partition coefficient (Wildman–Crippen LogP) is 4.85. The predicted molar refractivity (Wildman–Crippen MR) is 96.4 cm³/mol. The van der Waals surface area contributed by atoms with E-state index in [2.05, 4.69) is 51.4 Å². The highest BCUT2D eigenvalue weighted by Gasteiger charge is 2.41. The molecule has 0 amide bonds. The zero-order valence-corrected chi connectivity index (χ0v) is 15.8. The number of hydrogen-bond donors (Lipinski definition) is 1. The fourth-order valence-corrected chi connectivity index (χ4v) is 6.15. The van der Waals surface area contributed by atoms with E-state index in [9.17, 15) is 0 Å². The summed E-state index contributed by atoms with van der Waals surface area (Å²) < 4.78 is 7.49. The number of hydrogen-bond acceptors (Lipinski definition) is 4. The SMILES string of the molecule is CCNC(c1csc(Br)c1)C1CCOC2(CCSCC2)C1. The van der Waals surface area contributed by atoms with Gasteiger partial charge < -0.3 is 10.1 Å². The van der Waals surface area contributed by atoms with Crippen molar-refractivity contribution in [1.82, 2.24) is 5.32 Å². The first kappa shape index (κ1) is 16.3. The third-order valence-corrected chi connectivity index (χ3v) is 7.29. The summed E-state index contributed by atoms with van der Waals surface area (Å²) in [6.45, 7) is 4.17. The molecular weight excluding hydrogens is 366 g/mol. The van der Waals surface area contributed by atoms with E-state index in [0.29, 0.717) is 12.0 Å². The molecule has 2 fully saturated rings. The van der Waals surface area contributed by atoms with Crippen molar-refractivity contribution >= 4 is 39.0 Å². The smallest absolute Gasteiger partial charge is 0.0701 e. The Morgan fingerprint density at radius 3 is 2.95 bits per heavy atom. The van der Waals surface area contributed by atoms with Gasteiger partial charge in [0.05, 0.1) is 9.39 Å². The molecule has 21 heavy (non-hydrogen) atoms. The molecule has 2 saturated heterocycles. The fraction of sp³-hybridized carbons (Fsp3) is 0.750. The molecule has 0 radical (unpaired) electrons. The zero-order valence-electron chi connectivity index (χ0n) is 12.6. The van der Waals surface area contributed by atoms with Gasteiger partial charge in [-0.25, -0.2) is 0 Å². The Bertz CT molecular complexity index is 453. The van der Waals surface area contributed by atoms with Crippen molar-refractivity contribution in [1.29, 1.82) is 0 Å². The minimum Gasteiger partial charge on any atom is -0.375 e. The van der Waals surface area contributed by atoms with Gasteiger partial charge in [0.1, 0.15) is 0 Å². The summed E-state index contributed by atoms with van der Waals surface area (Å²) in [7, 11) is 0. The minimum atomic E-state index is 0.176. The van der Waals surface area contributed by atoms with Crippen LogP contribution in [0, 0.1) is 5.92 Å². The number of halogens is 1. The second-order valence-corrected chi connectivity index (χ2v) is 9.63. The molecule has 5 heteroatoms. The van der Waals surface area contributed by atoms with E-state index in [4.69, 9.17) is 4.74 Å². The molecule has 3 heterocycles. The molecule has 2 nitrogen and oxygen atoms in total. The number of ether oxygens (including phenoxy) is 1. The van der Waals surface area contributed by atoms with E-state index in [1.165, 1.54) is 46.5 Å². The van der Waals surface area contributed by atoms with Gasteiger partial charge in [-0.3, -0.25) is 0 Å². The van der Waals surface area contributed by atoms with Crippen LogP contribution >= 0.6 is 39.0 Å². The van der Waals surface area contributed by atoms with Crippen LogP contribution in [0.3, 0.4) is 0 Å². The summed E-state index contributed by atoms with van der Waals surface area (Å²) in [6, 6.07) is 2.77. The van der Waals surface area contributed by atoms with E-state index in [1.807, 2.05) is 0 Å². The van der Waals surface area contributed by atoms with Crippen LogP contribution in [0.5, 0.6) is 0 Å². The monoisotopic (exact) mass is 389 g/mol. The molecule has 0 aliphatic carbocycles. The molecule has 1 N–H and O–H groups in total. The molecule has 2 unspecified atom stereocenters. The lowest BCUT2D eigenvalue weighted by atomic mass is 9.77. The number of thioether (sulfide) groups is 1. The maximum atomic E-state index is 6.26. The molecule has 1 aromatic heterocycles. The average molecular weight is 390 g/mol. The molecule has 0 saturated carbocycles. The maximum Gasteiger partial charge on any atom is 0.0701 e. The second kappa shape index (κ2) is 7.35. The Kier molecular flexibility index (Phi) is 5.71. The Morgan fingerprint density at radius 2 is 2.29 bits per heavy atom. The first-order valence-electron chi connectivity index (χ1n) is 7.91. The average Bonchev–Trinajstić information content (AvgIpc) is 2.92. The van der Waals surface area contributed by atoms with Gasteiger partial charge in [0.15, 0.2) is 0 Å². The lowest BCUT2D eigenvalue weighted by Gasteiger charge is -2.45. The molecule has 0 bridgehead atoms. The molecular formula is C16H24BrNOS2. The minimum absolute atomic E-state index is 0.176. The van der Waals surface area contributed by atoms with Gasteiger partial charge in [0, 0.05) is 12.6 Å². The first-order valence-corrected chi connectivity index (χ1v) is 10.7. The van der Waals surface area contributed by atoms with Crippen molar-refractivity contribution in [2.75, 3.05) is 24.7 Å². The number of rotatable bonds is 4. The highest BCUT2D eigenvalue weighted by molar-refractivity contribution is 9.11. The summed E-state index contributed by atoms with van der Waals surface area (Å²) in [5, 5.41) is 6.03. The fourth-order valence-electron chi connectivity index (χ4n) is 3.71. The van der Waals surface area contributed by atoms with Gasteiger partial charge in [-0.05, 0) is 82.6 Å². The van der Waals surface area contributed by atoms with Crippen molar-refractivity contribution in [3.05, 3.63) is 20.8 Å². The summed E-state index contributed by atoms with van der Waals surface area (Å²) in [5.74, 6) is 3.23. The van der Waals surface area contributed by atoms with Crippen LogP contribution in [0.2, 0.25) is 0 Å². The first-order chi connectivity index (χ1) is 10.2. The van der Waals surface area contributed by atoms with E-state index < -0.39 is 0 Å². The lowest BCUT2D eigenvalue weighted by Crippen LogP contribution is -2.45. The topological polar surface area (TPSA) is 21.3 Å². The van der Waals surface area contributed by atoms with Crippen LogP contribution in [-0.2, 0) is 4.74 Å². The molecule has 118 valence electrons. The van der Waals surface area contributed by atoms with Gasteiger partial charge in [0.2, 0.25) is 0 Å². The van der Waals surface area contributed by atoms with Gasteiger partial charge in [0.25, 0.3) is 0 Å². The highest BCUT2D eigenvalue weighted by atomic mass is 79.9. The third-order valence-electron chi connectivity index (χ3n) is 4.78. The molecule has 2 aliphatic rings. The van der Waals surface area contributed by atoms with E-state index in [1.54, 1.807) is 11.3 Å². The van der Waals surface area contributed by atoms with Gasteiger partial charge in [-0.15, -0.1) is 11.3 Å². The van der Waals surface area contributed by atoms with Crippen LogP contribution in [0.15, 0.2) is 15.2 Å². The third kappa shape index (κ3) is 3.86. The van der Waals surface area contributed by atoms with Crippen molar-refractivity contribution < 1.29 is 4.74 Å². The largest absolute Gasteiger partial charge is 0.375 e. The van der Waals surface area contributed by atoms with Crippen molar-refractivity contribution in [2.45, 2.75) is 44.2 Å². The van der Waals surface area contributed by atoms with Gasteiger partial charge >= 0.3 is 0 Å². The quantitative estimate of drug-likeness (QED) is 0.794. The summed E-state index contributed by atoms with van der Waals surface area (Å²) >= 11 is 7.48. The Morgan fingerprint density at radius 1 is 1.48 bits per heavy atom. The normalized spacial score (nSPS) is 26.9. The molecule has 1 spiro atoms. The zero-order chi connectivity index (χ0) is 14.7. The van der Waals surface area contributed by atoms with Crippen molar-refractivity contribution in [3.8, 4) is 0 Å². The maximum absolute atomic E-state index is 6.26. The molecule has 0 aromatic carbocycles. The van der Waals surface area contributed by atoms with E-state index in [-0.39, 0.29) is 5.60 Å². The molecule has 1 aromatic rings. The molecule has 3 rings (SSSR count). The second-order valence-electron chi connectivity index (χ2n) is 6.12. The highest BCUT2D eigenvalue weighted by Crippen LogP contribution is 2.44. The van der Waals surface area contributed by atoms with Crippen LogP contribution in [0.25, 0.3) is 0 Å². The van der Waals surface area contributed by atoms with E-state index >= 15 is 0 Å². The van der Waals surface area contributed by atoms with Crippen molar-refractivity contribution in [2.24, 2.45) is 5.92 Å². The Hall–Kier alpha value is 0.450.